The summed E-state index contributed by atoms with van der Waals surface area (Å²) in [6.07, 6.45) is 7.23. The molecular weight excluding hydrogens is 500 g/mol. The molecule has 1 N–H and O–H groups in total. The fourth-order valence-electron chi connectivity index (χ4n) is 4.66. The number of fused-ring (bicyclic) bond motifs is 3. The van der Waals surface area contributed by atoms with E-state index < -0.39 is 5.54 Å². The van der Waals surface area contributed by atoms with E-state index in [9.17, 15) is 0 Å². The third-order valence-electron chi connectivity index (χ3n) is 6.91. The molecule has 0 saturated heterocycles. The van der Waals surface area contributed by atoms with E-state index in [0.717, 1.165) is 38.8 Å². The number of nitrogens with zero attached hydrogens (tertiary/aromatic N) is 8. The van der Waals surface area contributed by atoms with Crippen LogP contribution in [0.25, 0.3) is 44.2 Å². The molecular formula is C31H28N8O. The van der Waals surface area contributed by atoms with E-state index in [0.29, 0.717) is 12.2 Å². The zero-order valence-corrected chi connectivity index (χ0v) is 22.3. The molecule has 9 heteroatoms. The molecule has 0 aliphatic carbocycles. The SMILES string of the molecule is CC(C)(c1ccc2ncccc2c1)n1nnc2ccc(-c3cnn(CCO)c3)nc21.c1ccc2ncccc2c1. The molecule has 7 aromatic rings. The molecule has 5 aromatic heterocycles. The highest BCUT2D eigenvalue weighted by Crippen LogP contribution is 2.30. The fraction of sp³-hybridized carbons (Fsp3) is 0.161. The molecule has 198 valence electrons. The summed E-state index contributed by atoms with van der Waals surface area (Å²) in [5.74, 6) is 0. The van der Waals surface area contributed by atoms with Gasteiger partial charge in [0.2, 0.25) is 0 Å². The van der Waals surface area contributed by atoms with Crippen molar-refractivity contribution in [3.8, 4) is 11.3 Å². The van der Waals surface area contributed by atoms with Crippen molar-refractivity contribution in [1.29, 1.82) is 0 Å². The Morgan fingerprint density at radius 2 is 1.52 bits per heavy atom. The van der Waals surface area contributed by atoms with Gasteiger partial charge in [0.05, 0.1) is 41.6 Å². The average Bonchev–Trinajstić information content (AvgIpc) is 3.65. The number of aliphatic hydroxyl groups is 1. The maximum atomic E-state index is 9.11. The van der Waals surface area contributed by atoms with Crippen molar-refractivity contribution in [2.45, 2.75) is 25.9 Å². The van der Waals surface area contributed by atoms with Crippen LogP contribution in [0.2, 0.25) is 0 Å². The van der Waals surface area contributed by atoms with Crippen molar-refractivity contribution >= 4 is 33.0 Å². The molecule has 40 heavy (non-hydrogen) atoms. The van der Waals surface area contributed by atoms with Crippen LogP contribution < -0.4 is 0 Å². The lowest BCUT2D eigenvalue weighted by Crippen LogP contribution is -2.29. The van der Waals surface area contributed by atoms with E-state index >= 15 is 0 Å². The van der Waals surface area contributed by atoms with Gasteiger partial charge in [0, 0.05) is 34.9 Å². The van der Waals surface area contributed by atoms with Crippen LogP contribution in [0.5, 0.6) is 0 Å². The summed E-state index contributed by atoms with van der Waals surface area (Å²) in [5.41, 5.74) is 5.76. The van der Waals surface area contributed by atoms with E-state index in [1.807, 2.05) is 65.6 Å². The molecule has 0 atom stereocenters. The van der Waals surface area contributed by atoms with Crippen LogP contribution in [0.1, 0.15) is 19.4 Å². The minimum atomic E-state index is -0.467. The van der Waals surface area contributed by atoms with Gasteiger partial charge in [-0.3, -0.25) is 14.6 Å². The molecule has 0 amide bonds. The van der Waals surface area contributed by atoms with Crippen LogP contribution >= 0.6 is 0 Å². The lowest BCUT2D eigenvalue weighted by Gasteiger charge is -2.26. The zero-order chi connectivity index (χ0) is 27.5. The quantitative estimate of drug-likeness (QED) is 0.325. The van der Waals surface area contributed by atoms with Crippen LogP contribution in [0.15, 0.2) is 104 Å². The highest BCUT2D eigenvalue weighted by atomic mass is 16.3. The van der Waals surface area contributed by atoms with E-state index in [-0.39, 0.29) is 6.61 Å². The van der Waals surface area contributed by atoms with E-state index in [4.69, 9.17) is 10.1 Å². The van der Waals surface area contributed by atoms with Gasteiger partial charge in [-0.25, -0.2) is 9.67 Å². The number of rotatable bonds is 5. The van der Waals surface area contributed by atoms with Gasteiger partial charge >= 0.3 is 0 Å². The summed E-state index contributed by atoms with van der Waals surface area (Å²) < 4.78 is 3.56. The van der Waals surface area contributed by atoms with Crippen molar-refractivity contribution in [3.63, 3.8) is 0 Å². The number of para-hydroxylation sites is 1. The first kappa shape index (κ1) is 25.3. The van der Waals surface area contributed by atoms with Gasteiger partial charge in [0.15, 0.2) is 5.65 Å². The number of benzene rings is 2. The Morgan fingerprint density at radius 1 is 0.800 bits per heavy atom. The molecule has 0 radical (unpaired) electrons. The maximum Gasteiger partial charge on any atom is 0.179 e. The molecule has 2 aromatic carbocycles. The summed E-state index contributed by atoms with van der Waals surface area (Å²) in [7, 11) is 0. The van der Waals surface area contributed by atoms with Gasteiger partial charge in [0.1, 0.15) is 5.52 Å². The second-order valence-electron chi connectivity index (χ2n) is 9.92. The maximum absolute atomic E-state index is 9.11. The van der Waals surface area contributed by atoms with Crippen molar-refractivity contribution in [3.05, 3.63) is 109 Å². The van der Waals surface area contributed by atoms with Gasteiger partial charge < -0.3 is 5.11 Å². The molecule has 0 fully saturated rings. The highest BCUT2D eigenvalue weighted by Gasteiger charge is 2.27. The first-order chi connectivity index (χ1) is 19.5. The van der Waals surface area contributed by atoms with Crippen LogP contribution in [-0.4, -0.2) is 51.4 Å². The van der Waals surface area contributed by atoms with Crippen LogP contribution in [0.4, 0.5) is 0 Å². The van der Waals surface area contributed by atoms with Crippen LogP contribution in [0, 0.1) is 0 Å². The van der Waals surface area contributed by atoms with Gasteiger partial charge in [-0.15, -0.1) is 5.10 Å². The molecule has 0 bridgehead atoms. The topological polar surface area (TPSA) is 107 Å². The van der Waals surface area contributed by atoms with E-state index in [1.54, 1.807) is 17.1 Å². The molecule has 0 unspecified atom stereocenters. The molecule has 0 saturated carbocycles. The van der Waals surface area contributed by atoms with Gasteiger partial charge in [-0.2, -0.15) is 5.10 Å². The van der Waals surface area contributed by atoms with Crippen molar-refractivity contribution in [1.82, 2.24) is 39.7 Å². The van der Waals surface area contributed by atoms with E-state index in [1.165, 1.54) is 5.39 Å². The average molecular weight is 529 g/mol. The number of pyridine rings is 3. The Bertz CT molecular complexity index is 1860. The number of aliphatic hydroxyl groups excluding tert-OH is 1. The summed E-state index contributed by atoms with van der Waals surface area (Å²) in [6.45, 7) is 4.70. The Labute approximate surface area is 230 Å². The molecule has 0 aliphatic heterocycles. The normalized spacial score (nSPS) is 11.6. The number of hydrogen-bond acceptors (Lipinski definition) is 7. The number of aromatic nitrogens is 8. The van der Waals surface area contributed by atoms with Crippen molar-refractivity contribution in [2.24, 2.45) is 0 Å². The van der Waals surface area contributed by atoms with E-state index in [2.05, 4.69) is 69.6 Å². The van der Waals surface area contributed by atoms with Gasteiger partial charge in [0.25, 0.3) is 0 Å². The predicted octanol–water partition coefficient (Wildman–Crippen LogP) is 5.25. The zero-order valence-electron chi connectivity index (χ0n) is 22.3. The largest absolute Gasteiger partial charge is 0.394 e. The van der Waals surface area contributed by atoms with Gasteiger partial charge in [-0.1, -0.05) is 41.6 Å². The highest BCUT2D eigenvalue weighted by molar-refractivity contribution is 5.80. The second-order valence-corrected chi connectivity index (χ2v) is 9.92. The molecule has 9 nitrogen and oxygen atoms in total. The van der Waals surface area contributed by atoms with Crippen LogP contribution in [0.3, 0.4) is 0 Å². The summed E-state index contributed by atoms with van der Waals surface area (Å²) in [4.78, 5) is 13.4. The fourth-order valence-corrected chi connectivity index (χ4v) is 4.66. The molecule has 7 rings (SSSR count). The Morgan fingerprint density at radius 3 is 2.33 bits per heavy atom. The molecule has 0 spiro atoms. The number of hydrogen-bond donors (Lipinski definition) is 1. The molecule has 5 heterocycles. The third kappa shape index (κ3) is 4.90. The second kappa shape index (κ2) is 10.6. The lowest BCUT2D eigenvalue weighted by atomic mass is 9.93. The Hall–Kier alpha value is -5.02. The summed E-state index contributed by atoms with van der Waals surface area (Å²) in [5, 5.41) is 24.4. The smallest absolute Gasteiger partial charge is 0.179 e. The standard InChI is InChI=1S/C22H21N7O.C9H7N/c1-22(2,17-5-6-18-15(12-17)4-3-9-23-18)29-21-20(26-27-29)8-7-19(25-21)16-13-24-28(14-16)10-11-30;1-2-6-9-8(4-1)5-3-7-10-9/h3-9,12-14,30H,10-11H2,1-2H3;1-7H. The minimum absolute atomic E-state index is 0.0414. The minimum Gasteiger partial charge on any atom is -0.394 e. The first-order valence-corrected chi connectivity index (χ1v) is 13.0. The Balaban J connectivity index is 0.000000242. The monoisotopic (exact) mass is 528 g/mol. The Kier molecular flexibility index (Phi) is 6.71. The summed E-state index contributed by atoms with van der Waals surface area (Å²) >= 11 is 0. The van der Waals surface area contributed by atoms with Crippen molar-refractivity contribution < 1.29 is 5.11 Å². The molecule has 0 aliphatic rings. The lowest BCUT2D eigenvalue weighted by molar-refractivity contribution is 0.269. The van der Waals surface area contributed by atoms with Crippen LogP contribution in [-0.2, 0) is 12.1 Å². The summed E-state index contributed by atoms with van der Waals surface area (Å²) in [6, 6.07) is 26.2. The first-order valence-electron chi connectivity index (χ1n) is 13.0. The third-order valence-corrected chi connectivity index (χ3v) is 6.91. The predicted molar refractivity (Wildman–Crippen MR) is 156 cm³/mol. The van der Waals surface area contributed by atoms with Crippen molar-refractivity contribution in [2.75, 3.05) is 6.61 Å². The van der Waals surface area contributed by atoms with Gasteiger partial charge in [-0.05, 0) is 61.9 Å².